The monoisotopic (exact) mass is 542 g/mol. The van der Waals surface area contributed by atoms with Crippen molar-refractivity contribution in [3.63, 3.8) is 0 Å². The van der Waals surface area contributed by atoms with Crippen LogP contribution in [0.3, 0.4) is 0 Å². The Hall–Kier alpha value is -3.43. The highest BCUT2D eigenvalue weighted by molar-refractivity contribution is 8.04. The number of anilines is 2. The van der Waals surface area contributed by atoms with Gasteiger partial charge in [0.15, 0.2) is 0 Å². The summed E-state index contributed by atoms with van der Waals surface area (Å²) in [5.41, 5.74) is 6.48. The molecular weight excluding hydrogens is 504 g/mol. The number of hydrogen-bond acceptors (Lipinski definition) is 8. The largest absolute Gasteiger partial charge is 0.392 e. The minimum absolute atomic E-state index is 0.0724. The summed E-state index contributed by atoms with van der Waals surface area (Å²) in [4.78, 5) is 41.7. The molecule has 206 valence electrons. The number of carbonyl (C=O) groups excluding carboxylic acids is 3. The van der Waals surface area contributed by atoms with Crippen LogP contribution in [0, 0.1) is 11.3 Å². The van der Waals surface area contributed by atoms with Crippen molar-refractivity contribution < 1.29 is 14.4 Å². The predicted octanol–water partition coefficient (Wildman–Crippen LogP) is 2.22. The van der Waals surface area contributed by atoms with Crippen molar-refractivity contribution in [3.8, 4) is 6.07 Å². The molecule has 2 saturated heterocycles. The van der Waals surface area contributed by atoms with Crippen molar-refractivity contribution in [2.75, 3.05) is 49.9 Å². The highest BCUT2D eigenvalue weighted by atomic mass is 32.2. The van der Waals surface area contributed by atoms with E-state index in [9.17, 15) is 19.6 Å². The Labute approximate surface area is 228 Å². The topological polar surface area (TPSA) is 156 Å². The van der Waals surface area contributed by atoms with E-state index in [-0.39, 0.29) is 17.6 Å². The van der Waals surface area contributed by atoms with E-state index in [4.69, 9.17) is 5.73 Å². The molecule has 0 radical (unpaired) electrons. The van der Waals surface area contributed by atoms with Gasteiger partial charge in [-0.2, -0.15) is 5.26 Å². The van der Waals surface area contributed by atoms with Gasteiger partial charge in [0.25, 0.3) is 5.91 Å². The van der Waals surface area contributed by atoms with Gasteiger partial charge in [0.2, 0.25) is 5.91 Å². The van der Waals surface area contributed by atoms with Gasteiger partial charge in [0.1, 0.15) is 21.5 Å². The Morgan fingerprint density at radius 3 is 2.45 bits per heavy atom. The zero-order valence-corrected chi connectivity index (χ0v) is 23.1. The highest BCUT2D eigenvalue weighted by Gasteiger charge is 2.39. The molecule has 1 unspecified atom stereocenters. The zero-order valence-electron chi connectivity index (χ0n) is 22.3. The molecule has 2 fully saturated rings. The van der Waals surface area contributed by atoms with Gasteiger partial charge >= 0.3 is 6.03 Å². The van der Waals surface area contributed by atoms with Crippen molar-refractivity contribution in [1.29, 1.82) is 5.26 Å². The molecule has 0 bridgehead atoms. The van der Waals surface area contributed by atoms with Gasteiger partial charge < -0.3 is 36.8 Å². The van der Waals surface area contributed by atoms with Crippen molar-refractivity contribution in [1.82, 2.24) is 20.4 Å². The summed E-state index contributed by atoms with van der Waals surface area (Å²) in [5.74, 6) is -0.709. The Kier molecular flexibility index (Phi) is 10.3. The second kappa shape index (κ2) is 13.4. The molecule has 11 nitrogen and oxygen atoms in total. The number of nitrogens with zero attached hydrogens (tertiary/aromatic N) is 3. The summed E-state index contributed by atoms with van der Waals surface area (Å²) in [6, 6.07) is 9.07. The fraction of sp³-hybridized carbons (Fsp3) is 0.538. The van der Waals surface area contributed by atoms with Gasteiger partial charge in [-0.05, 0) is 70.5 Å². The van der Waals surface area contributed by atoms with Crippen LogP contribution in [0.2, 0.25) is 0 Å². The zero-order chi connectivity index (χ0) is 27.7. The van der Waals surface area contributed by atoms with Gasteiger partial charge in [-0.3, -0.25) is 9.59 Å². The number of carbonyl (C=O) groups is 3. The number of urea groups is 1. The molecule has 3 rings (SSSR count). The number of nitrogens with one attached hydrogen (secondary N) is 4. The van der Waals surface area contributed by atoms with Gasteiger partial charge in [-0.15, -0.1) is 0 Å². The summed E-state index contributed by atoms with van der Waals surface area (Å²) in [6.07, 6.45) is 2.87. The molecule has 2 atom stereocenters. The first-order valence-corrected chi connectivity index (χ1v) is 13.9. The molecule has 0 aliphatic carbocycles. The average Bonchev–Trinajstić information content (AvgIpc) is 3.55. The summed E-state index contributed by atoms with van der Waals surface area (Å²) in [5, 5.41) is 20.9. The van der Waals surface area contributed by atoms with E-state index in [1.54, 1.807) is 26.0 Å². The third-order valence-corrected chi connectivity index (χ3v) is 8.04. The Morgan fingerprint density at radius 1 is 1.18 bits per heavy atom. The van der Waals surface area contributed by atoms with Gasteiger partial charge in [-0.1, -0.05) is 18.7 Å². The maximum absolute atomic E-state index is 13.0. The molecular formula is C26H38N8O3S. The molecule has 2 aliphatic heterocycles. The second-order valence-corrected chi connectivity index (χ2v) is 10.7. The van der Waals surface area contributed by atoms with Gasteiger partial charge in [-0.25, -0.2) is 4.79 Å². The minimum atomic E-state index is -1.04. The first-order chi connectivity index (χ1) is 18.2. The van der Waals surface area contributed by atoms with Crippen LogP contribution in [0.1, 0.15) is 40.0 Å². The molecule has 0 spiro atoms. The maximum atomic E-state index is 13.0. The summed E-state index contributed by atoms with van der Waals surface area (Å²) < 4.78 is 0. The third kappa shape index (κ3) is 7.55. The van der Waals surface area contributed by atoms with E-state index in [2.05, 4.69) is 32.2 Å². The second-order valence-electron chi connectivity index (χ2n) is 9.55. The number of rotatable bonds is 11. The number of amides is 4. The molecule has 4 amide bonds. The van der Waals surface area contributed by atoms with Crippen molar-refractivity contribution >= 4 is 41.0 Å². The molecule has 6 N–H and O–H groups in total. The van der Waals surface area contributed by atoms with Crippen LogP contribution in [-0.2, 0) is 9.59 Å². The molecule has 38 heavy (non-hydrogen) atoms. The van der Waals surface area contributed by atoms with Crippen LogP contribution in [0.15, 0.2) is 35.0 Å². The Morgan fingerprint density at radius 2 is 1.84 bits per heavy atom. The van der Waals surface area contributed by atoms with E-state index in [0.29, 0.717) is 36.8 Å². The lowest BCUT2D eigenvalue weighted by molar-refractivity contribution is -0.127. The number of thioether (sulfide) groups is 1. The van der Waals surface area contributed by atoms with Crippen molar-refractivity contribution in [2.24, 2.45) is 5.73 Å². The smallest absolute Gasteiger partial charge is 0.319 e. The van der Waals surface area contributed by atoms with E-state index in [0.717, 1.165) is 25.3 Å². The fourth-order valence-corrected chi connectivity index (χ4v) is 5.39. The van der Waals surface area contributed by atoms with E-state index < -0.39 is 16.7 Å². The summed E-state index contributed by atoms with van der Waals surface area (Å²) in [7, 11) is 0. The number of nitriles is 1. The average molecular weight is 543 g/mol. The summed E-state index contributed by atoms with van der Waals surface area (Å²) in [6.45, 7) is 9.60. The highest BCUT2D eigenvalue weighted by Crippen LogP contribution is 2.36. The molecule has 12 heteroatoms. The number of likely N-dealkylation sites (tertiary alicyclic amines) is 1. The number of hydrogen-bond donors (Lipinski definition) is 5. The van der Waals surface area contributed by atoms with E-state index >= 15 is 0 Å². The number of benzene rings is 1. The minimum Gasteiger partial charge on any atom is -0.392 e. The van der Waals surface area contributed by atoms with Crippen LogP contribution in [-0.4, -0.2) is 77.7 Å². The van der Waals surface area contributed by atoms with Crippen LogP contribution >= 0.6 is 11.8 Å². The van der Waals surface area contributed by atoms with Crippen LogP contribution in [0.4, 0.5) is 16.2 Å². The lowest BCUT2D eigenvalue weighted by Gasteiger charge is -2.22. The quantitative estimate of drug-likeness (QED) is 0.267. The maximum Gasteiger partial charge on any atom is 0.319 e. The lowest BCUT2D eigenvalue weighted by atomic mass is 10.0. The predicted molar refractivity (Wildman–Crippen MR) is 150 cm³/mol. The van der Waals surface area contributed by atoms with E-state index in [1.807, 2.05) is 19.1 Å². The Balaban J connectivity index is 1.52. The molecule has 0 saturated carbocycles. The SMILES string of the molecule is CCN1C(=O)[C@@H](CNc2ccc(NC(=O)NCCN3CCCC3)cc2)S/C1=C(/N)C(=O)NC(C)(C#N)CC. The van der Waals surface area contributed by atoms with Crippen molar-refractivity contribution in [3.05, 3.63) is 35.0 Å². The van der Waals surface area contributed by atoms with Crippen LogP contribution < -0.4 is 27.0 Å². The molecule has 2 heterocycles. The Bertz CT molecular complexity index is 1080. The molecule has 2 aliphatic rings. The van der Waals surface area contributed by atoms with Crippen LogP contribution in [0.5, 0.6) is 0 Å². The summed E-state index contributed by atoms with van der Waals surface area (Å²) >= 11 is 1.23. The first-order valence-electron chi connectivity index (χ1n) is 13.0. The number of nitrogens with two attached hydrogens (primary N) is 1. The van der Waals surface area contributed by atoms with Gasteiger partial charge in [0.05, 0.1) is 6.07 Å². The van der Waals surface area contributed by atoms with Crippen LogP contribution in [0.25, 0.3) is 0 Å². The van der Waals surface area contributed by atoms with Crippen molar-refractivity contribution in [2.45, 2.75) is 50.8 Å². The fourth-order valence-electron chi connectivity index (χ4n) is 4.16. The lowest BCUT2D eigenvalue weighted by Crippen LogP contribution is -2.46. The molecule has 1 aromatic carbocycles. The first kappa shape index (κ1) is 29.1. The molecule has 0 aromatic heterocycles. The van der Waals surface area contributed by atoms with E-state index in [1.165, 1.54) is 29.5 Å². The molecule has 1 aromatic rings. The standard InChI is InChI=1S/C26H38N8O3S/c1-4-26(3,17-27)32-22(35)21(28)24-34(5-2)23(36)20(38-24)16-30-18-8-10-19(11-9-18)31-25(37)29-12-15-33-13-6-7-14-33/h8-11,20,30H,4-7,12-16,28H2,1-3H3,(H,32,35)(H2,29,31,37)/b24-21+/t20-,26?/m1/s1. The normalized spacial score (nSPS) is 20.4. The van der Waals surface area contributed by atoms with Gasteiger partial charge in [0, 0.05) is 37.6 Å². The third-order valence-electron chi connectivity index (χ3n) is 6.72.